The summed E-state index contributed by atoms with van der Waals surface area (Å²) in [7, 11) is 0. The van der Waals surface area contributed by atoms with Gasteiger partial charge < -0.3 is 5.73 Å². The zero-order chi connectivity index (χ0) is 10.4. The smallest absolute Gasteiger partial charge is 0.0406 e. The van der Waals surface area contributed by atoms with E-state index in [1.165, 1.54) is 18.4 Å². The fourth-order valence-corrected chi connectivity index (χ4v) is 1.89. The predicted octanol–water partition coefficient (Wildman–Crippen LogP) is 3.57. The molecule has 1 aromatic carbocycles. The summed E-state index contributed by atoms with van der Waals surface area (Å²) in [4.78, 5) is 0. The second-order valence-electron chi connectivity index (χ2n) is 3.61. The molecule has 0 bridgehead atoms. The van der Waals surface area contributed by atoms with E-state index in [1.807, 2.05) is 12.1 Å². The molecule has 0 heterocycles. The van der Waals surface area contributed by atoms with Gasteiger partial charge in [0.2, 0.25) is 0 Å². The third-order valence-corrected chi connectivity index (χ3v) is 2.75. The van der Waals surface area contributed by atoms with Crippen LogP contribution in [-0.4, -0.2) is 6.54 Å². The Bertz CT molecular complexity index is 250. The van der Waals surface area contributed by atoms with Gasteiger partial charge in [-0.25, -0.2) is 0 Å². The largest absolute Gasteiger partial charge is 0.330 e. The van der Waals surface area contributed by atoms with Crippen molar-refractivity contribution in [3.8, 4) is 0 Å². The molecule has 0 saturated carbocycles. The van der Waals surface area contributed by atoms with Gasteiger partial charge in [0, 0.05) is 5.02 Å². The summed E-state index contributed by atoms with van der Waals surface area (Å²) in [5.74, 6) is 0.599. The van der Waals surface area contributed by atoms with E-state index in [0.717, 1.165) is 18.0 Å². The van der Waals surface area contributed by atoms with Gasteiger partial charge in [0.1, 0.15) is 0 Å². The van der Waals surface area contributed by atoms with Crippen molar-refractivity contribution in [1.82, 2.24) is 0 Å². The highest BCUT2D eigenvalue weighted by Gasteiger charge is 2.08. The lowest BCUT2D eigenvalue weighted by molar-refractivity contribution is 0.576. The van der Waals surface area contributed by atoms with Crippen LogP contribution in [0.15, 0.2) is 24.3 Å². The van der Waals surface area contributed by atoms with Crippen LogP contribution in [0.1, 0.15) is 37.7 Å². The minimum atomic E-state index is 0.599. The van der Waals surface area contributed by atoms with Crippen LogP contribution in [0.25, 0.3) is 0 Å². The third-order valence-electron chi connectivity index (χ3n) is 2.49. The van der Waals surface area contributed by atoms with Crippen molar-refractivity contribution in [3.05, 3.63) is 34.9 Å². The van der Waals surface area contributed by atoms with Crippen molar-refractivity contribution in [2.45, 2.75) is 32.1 Å². The lowest BCUT2D eigenvalue weighted by Gasteiger charge is -2.15. The Hall–Kier alpha value is -0.530. The minimum Gasteiger partial charge on any atom is -0.330 e. The van der Waals surface area contributed by atoms with Gasteiger partial charge in [-0.05, 0) is 43.0 Å². The average molecular weight is 212 g/mol. The van der Waals surface area contributed by atoms with Gasteiger partial charge in [0.15, 0.2) is 0 Å². The number of rotatable bonds is 5. The topological polar surface area (TPSA) is 26.0 Å². The van der Waals surface area contributed by atoms with Gasteiger partial charge in [-0.3, -0.25) is 0 Å². The minimum absolute atomic E-state index is 0.599. The van der Waals surface area contributed by atoms with E-state index in [1.54, 1.807) is 0 Å². The molecule has 0 aliphatic carbocycles. The molecule has 0 aromatic heterocycles. The Morgan fingerprint density at radius 2 is 1.86 bits per heavy atom. The van der Waals surface area contributed by atoms with E-state index in [0.29, 0.717) is 5.92 Å². The first-order valence-corrected chi connectivity index (χ1v) is 5.61. The third kappa shape index (κ3) is 3.32. The van der Waals surface area contributed by atoms with Gasteiger partial charge in [-0.15, -0.1) is 0 Å². The molecule has 0 aliphatic heterocycles. The maximum atomic E-state index is 5.85. The van der Waals surface area contributed by atoms with Crippen molar-refractivity contribution in [2.75, 3.05) is 6.54 Å². The van der Waals surface area contributed by atoms with Crippen molar-refractivity contribution in [3.63, 3.8) is 0 Å². The van der Waals surface area contributed by atoms with Gasteiger partial charge >= 0.3 is 0 Å². The standard InChI is InChI=1S/C12H18ClN/c1-2-3-10(8-9-14)11-4-6-12(13)7-5-11/h4-7,10H,2-3,8-9,14H2,1H3. The summed E-state index contributed by atoms with van der Waals surface area (Å²) >= 11 is 5.85. The Morgan fingerprint density at radius 3 is 2.36 bits per heavy atom. The quantitative estimate of drug-likeness (QED) is 0.792. The van der Waals surface area contributed by atoms with E-state index in [-0.39, 0.29) is 0 Å². The van der Waals surface area contributed by atoms with E-state index < -0.39 is 0 Å². The van der Waals surface area contributed by atoms with Crippen LogP contribution in [0.2, 0.25) is 5.02 Å². The molecule has 0 radical (unpaired) electrons. The summed E-state index contributed by atoms with van der Waals surface area (Å²) in [6, 6.07) is 8.13. The van der Waals surface area contributed by atoms with Crippen LogP contribution >= 0.6 is 11.6 Å². The average Bonchev–Trinajstić information content (AvgIpc) is 2.19. The van der Waals surface area contributed by atoms with Crippen molar-refractivity contribution in [1.29, 1.82) is 0 Å². The number of benzene rings is 1. The monoisotopic (exact) mass is 211 g/mol. The highest BCUT2D eigenvalue weighted by Crippen LogP contribution is 2.25. The lowest BCUT2D eigenvalue weighted by atomic mass is 9.91. The van der Waals surface area contributed by atoms with Crippen LogP contribution in [0, 0.1) is 0 Å². The van der Waals surface area contributed by atoms with Gasteiger partial charge in [-0.1, -0.05) is 37.1 Å². The molecule has 1 unspecified atom stereocenters. The molecule has 0 fully saturated rings. The zero-order valence-corrected chi connectivity index (χ0v) is 9.43. The maximum Gasteiger partial charge on any atom is 0.0406 e. The predicted molar refractivity (Wildman–Crippen MR) is 62.8 cm³/mol. The van der Waals surface area contributed by atoms with Crippen molar-refractivity contribution < 1.29 is 0 Å². The molecule has 0 saturated heterocycles. The molecule has 1 atom stereocenters. The number of hydrogen-bond donors (Lipinski definition) is 1. The van der Waals surface area contributed by atoms with Crippen LogP contribution in [0.4, 0.5) is 0 Å². The number of nitrogens with two attached hydrogens (primary N) is 1. The Kier molecular flexibility index (Phi) is 4.99. The second-order valence-corrected chi connectivity index (χ2v) is 4.05. The van der Waals surface area contributed by atoms with E-state index in [2.05, 4.69) is 19.1 Å². The molecule has 0 aliphatic rings. The van der Waals surface area contributed by atoms with E-state index in [4.69, 9.17) is 17.3 Å². The molecule has 1 aromatic rings. The highest BCUT2D eigenvalue weighted by atomic mass is 35.5. The summed E-state index contributed by atoms with van der Waals surface area (Å²) < 4.78 is 0. The summed E-state index contributed by atoms with van der Waals surface area (Å²) in [6.07, 6.45) is 3.47. The Morgan fingerprint density at radius 1 is 1.21 bits per heavy atom. The fraction of sp³-hybridized carbons (Fsp3) is 0.500. The fourth-order valence-electron chi connectivity index (χ4n) is 1.76. The van der Waals surface area contributed by atoms with Gasteiger partial charge in [0.25, 0.3) is 0 Å². The molecule has 78 valence electrons. The summed E-state index contributed by atoms with van der Waals surface area (Å²) in [5.41, 5.74) is 6.96. The van der Waals surface area contributed by atoms with E-state index >= 15 is 0 Å². The van der Waals surface area contributed by atoms with Crippen LogP contribution in [0.3, 0.4) is 0 Å². The Balaban J connectivity index is 2.71. The van der Waals surface area contributed by atoms with Gasteiger partial charge in [0.05, 0.1) is 0 Å². The molecule has 0 amide bonds. The number of hydrogen-bond acceptors (Lipinski definition) is 1. The maximum absolute atomic E-state index is 5.85. The lowest BCUT2D eigenvalue weighted by Crippen LogP contribution is -2.07. The van der Waals surface area contributed by atoms with Crippen molar-refractivity contribution >= 4 is 11.6 Å². The first-order chi connectivity index (χ1) is 6.77. The van der Waals surface area contributed by atoms with Crippen LogP contribution in [0.5, 0.6) is 0 Å². The summed E-state index contributed by atoms with van der Waals surface area (Å²) in [5, 5.41) is 0.803. The van der Waals surface area contributed by atoms with Crippen LogP contribution < -0.4 is 5.73 Å². The summed E-state index contributed by atoms with van der Waals surface area (Å²) in [6.45, 7) is 2.97. The highest BCUT2D eigenvalue weighted by molar-refractivity contribution is 6.30. The molecule has 1 rings (SSSR count). The van der Waals surface area contributed by atoms with Crippen LogP contribution in [-0.2, 0) is 0 Å². The number of halogens is 1. The molecule has 1 nitrogen and oxygen atoms in total. The van der Waals surface area contributed by atoms with Gasteiger partial charge in [-0.2, -0.15) is 0 Å². The second kappa shape index (κ2) is 6.05. The first-order valence-electron chi connectivity index (χ1n) is 5.23. The zero-order valence-electron chi connectivity index (χ0n) is 8.67. The van der Waals surface area contributed by atoms with Crippen molar-refractivity contribution in [2.24, 2.45) is 5.73 Å². The SMILES string of the molecule is CCCC(CCN)c1ccc(Cl)cc1. The Labute approximate surface area is 91.3 Å². The van der Waals surface area contributed by atoms with E-state index in [9.17, 15) is 0 Å². The molecule has 2 heteroatoms. The molecular weight excluding hydrogens is 194 g/mol. The molecule has 14 heavy (non-hydrogen) atoms. The molecular formula is C12H18ClN. The molecule has 0 spiro atoms. The normalized spacial score (nSPS) is 12.8. The molecule has 2 N–H and O–H groups in total. The first kappa shape index (κ1) is 11.5.